The number of ether oxygens (including phenoxy) is 2. The van der Waals surface area contributed by atoms with Crippen molar-refractivity contribution in [3.8, 4) is 11.5 Å². The Morgan fingerprint density at radius 3 is 2.32 bits per heavy atom. The smallest absolute Gasteiger partial charge is 0.343 e. The summed E-state index contributed by atoms with van der Waals surface area (Å²) < 4.78 is 38.5. The Morgan fingerprint density at radius 2 is 1.68 bits per heavy atom. The molecule has 0 aliphatic heterocycles. The van der Waals surface area contributed by atoms with E-state index in [2.05, 4.69) is 0 Å². The standard InChI is InChI=1S/C20H22F2O3/c1-3-5-6-7-14-10-13-17(19(22)18(14)21)25-20(23)15-8-11-16(12-9-15)24-4-2/h8-13H,3-7H2,1-2H3. The maximum Gasteiger partial charge on any atom is 0.343 e. The van der Waals surface area contributed by atoms with E-state index in [0.29, 0.717) is 24.3 Å². The van der Waals surface area contributed by atoms with Gasteiger partial charge in [0.1, 0.15) is 5.75 Å². The van der Waals surface area contributed by atoms with Crippen LogP contribution in [0.3, 0.4) is 0 Å². The summed E-state index contributed by atoms with van der Waals surface area (Å²) in [7, 11) is 0. The molecular weight excluding hydrogens is 326 g/mol. The molecule has 0 aliphatic rings. The van der Waals surface area contributed by atoms with Gasteiger partial charge in [-0.1, -0.05) is 25.8 Å². The fourth-order valence-electron chi connectivity index (χ4n) is 2.42. The second-order valence-electron chi connectivity index (χ2n) is 5.65. The lowest BCUT2D eigenvalue weighted by Crippen LogP contribution is -2.10. The summed E-state index contributed by atoms with van der Waals surface area (Å²) in [6, 6.07) is 9.03. The third kappa shape index (κ3) is 5.02. The molecule has 0 radical (unpaired) electrons. The van der Waals surface area contributed by atoms with E-state index in [4.69, 9.17) is 9.47 Å². The van der Waals surface area contributed by atoms with Crippen LogP contribution < -0.4 is 9.47 Å². The minimum Gasteiger partial charge on any atom is -0.494 e. The number of aryl methyl sites for hydroxylation is 1. The van der Waals surface area contributed by atoms with Crippen molar-refractivity contribution in [1.82, 2.24) is 0 Å². The van der Waals surface area contributed by atoms with Crippen LogP contribution in [0.15, 0.2) is 36.4 Å². The maximum atomic E-state index is 14.1. The van der Waals surface area contributed by atoms with E-state index in [9.17, 15) is 13.6 Å². The molecule has 0 fully saturated rings. The summed E-state index contributed by atoms with van der Waals surface area (Å²) in [5, 5.41) is 0. The normalized spacial score (nSPS) is 10.6. The molecule has 2 aromatic carbocycles. The Kier molecular flexibility index (Phi) is 6.92. The topological polar surface area (TPSA) is 35.5 Å². The molecule has 0 amide bonds. The van der Waals surface area contributed by atoms with Crippen molar-refractivity contribution in [2.75, 3.05) is 6.61 Å². The molecule has 2 rings (SSSR count). The highest BCUT2D eigenvalue weighted by Crippen LogP contribution is 2.25. The molecular formula is C20H22F2O3. The molecule has 5 heteroatoms. The zero-order valence-electron chi connectivity index (χ0n) is 14.5. The summed E-state index contributed by atoms with van der Waals surface area (Å²) in [5.41, 5.74) is 0.530. The molecule has 0 aliphatic carbocycles. The van der Waals surface area contributed by atoms with Gasteiger partial charge in [0.25, 0.3) is 0 Å². The Morgan fingerprint density at radius 1 is 0.960 bits per heavy atom. The van der Waals surface area contributed by atoms with Gasteiger partial charge in [-0.2, -0.15) is 4.39 Å². The van der Waals surface area contributed by atoms with Gasteiger partial charge in [0.2, 0.25) is 5.82 Å². The largest absolute Gasteiger partial charge is 0.494 e. The first-order chi connectivity index (χ1) is 12.1. The third-order valence-electron chi connectivity index (χ3n) is 3.78. The summed E-state index contributed by atoms with van der Waals surface area (Å²) in [5.74, 6) is -2.62. The lowest BCUT2D eigenvalue weighted by atomic mass is 10.1. The monoisotopic (exact) mass is 348 g/mol. The first-order valence-electron chi connectivity index (χ1n) is 8.48. The van der Waals surface area contributed by atoms with Gasteiger partial charge >= 0.3 is 5.97 Å². The molecule has 25 heavy (non-hydrogen) atoms. The average Bonchev–Trinajstić information content (AvgIpc) is 2.62. The van der Waals surface area contributed by atoms with Crippen LogP contribution in [0, 0.1) is 11.6 Å². The molecule has 0 aromatic heterocycles. The fraction of sp³-hybridized carbons (Fsp3) is 0.350. The predicted octanol–water partition coefficient (Wildman–Crippen LogP) is 5.32. The molecule has 2 aromatic rings. The minimum atomic E-state index is -1.13. The second kappa shape index (κ2) is 9.16. The van der Waals surface area contributed by atoms with E-state index in [-0.39, 0.29) is 5.56 Å². The van der Waals surface area contributed by atoms with Gasteiger partial charge in [0, 0.05) is 0 Å². The van der Waals surface area contributed by atoms with E-state index in [0.717, 1.165) is 19.3 Å². The number of unbranched alkanes of at least 4 members (excludes halogenated alkanes) is 2. The summed E-state index contributed by atoms with van der Waals surface area (Å²) in [6.45, 7) is 4.41. The minimum absolute atomic E-state index is 0.232. The first kappa shape index (κ1) is 18.9. The maximum absolute atomic E-state index is 14.1. The Bertz CT molecular complexity index is 712. The Hall–Kier alpha value is -2.43. The summed E-state index contributed by atoms with van der Waals surface area (Å²) >= 11 is 0. The number of esters is 1. The van der Waals surface area contributed by atoms with Gasteiger partial charge < -0.3 is 9.47 Å². The molecule has 0 bridgehead atoms. The number of hydrogen-bond acceptors (Lipinski definition) is 3. The van der Waals surface area contributed by atoms with Crippen LogP contribution in [0.5, 0.6) is 11.5 Å². The zero-order valence-corrected chi connectivity index (χ0v) is 14.5. The molecule has 0 spiro atoms. The second-order valence-corrected chi connectivity index (χ2v) is 5.65. The lowest BCUT2D eigenvalue weighted by molar-refractivity contribution is 0.0726. The van der Waals surface area contributed by atoms with Crippen LogP contribution in [0.2, 0.25) is 0 Å². The van der Waals surface area contributed by atoms with Crippen molar-refractivity contribution in [3.63, 3.8) is 0 Å². The van der Waals surface area contributed by atoms with E-state index >= 15 is 0 Å². The molecule has 0 N–H and O–H groups in total. The van der Waals surface area contributed by atoms with Gasteiger partial charge in [-0.15, -0.1) is 0 Å². The van der Waals surface area contributed by atoms with Crippen LogP contribution >= 0.6 is 0 Å². The van der Waals surface area contributed by atoms with Gasteiger partial charge in [-0.25, -0.2) is 9.18 Å². The molecule has 3 nitrogen and oxygen atoms in total. The van der Waals surface area contributed by atoms with E-state index in [1.807, 2.05) is 13.8 Å². The molecule has 0 atom stereocenters. The highest BCUT2D eigenvalue weighted by atomic mass is 19.2. The molecule has 0 saturated carbocycles. The third-order valence-corrected chi connectivity index (χ3v) is 3.78. The predicted molar refractivity (Wildman–Crippen MR) is 92.2 cm³/mol. The number of carbonyl (C=O) groups is 1. The van der Waals surface area contributed by atoms with Gasteiger partial charge in [0.15, 0.2) is 11.6 Å². The number of benzene rings is 2. The zero-order chi connectivity index (χ0) is 18.2. The molecule has 134 valence electrons. The van der Waals surface area contributed by atoms with Gasteiger partial charge in [-0.05, 0) is 55.7 Å². The van der Waals surface area contributed by atoms with Crippen molar-refractivity contribution in [3.05, 3.63) is 59.2 Å². The number of carbonyl (C=O) groups excluding carboxylic acids is 1. The first-order valence-corrected chi connectivity index (χ1v) is 8.48. The quantitative estimate of drug-likeness (QED) is 0.368. The SMILES string of the molecule is CCCCCc1ccc(OC(=O)c2ccc(OCC)cc2)c(F)c1F. The molecule has 0 unspecified atom stereocenters. The van der Waals surface area contributed by atoms with Crippen molar-refractivity contribution in [1.29, 1.82) is 0 Å². The molecule has 0 saturated heterocycles. The van der Waals surface area contributed by atoms with Crippen molar-refractivity contribution >= 4 is 5.97 Å². The van der Waals surface area contributed by atoms with E-state index < -0.39 is 23.4 Å². The number of hydrogen-bond donors (Lipinski definition) is 0. The van der Waals surface area contributed by atoms with Crippen LogP contribution in [0.25, 0.3) is 0 Å². The van der Waals surface area contributed by atoms with Crippen LogP contribution in [0.1, 0.15) is 49.0 Å². The van der Waals surface area contributed by atoms with E-state index in [1.165, 1.54) is 24.3 Å². The van der Waals surface area contributed by atoms with E-state index in [1.54, 1.807) is 12.1 Å². The fourth-order valence-corrected chi connectivity index (χ4v) is 2.42. The highest BCUT2D eigenvalue weighted by molar-refractivity contribution is 5.91. The lowest BCUT2D eigenvalue weighted by Gasteiger charge is -2.09. The van der Waals surface area contributed by atoms with Gasteiger partial charge in [-0.3, -0.25) is 0 Å². The van der Waals surface area contributed by atoms with Crippen molar-refractivity contribution < 1.29 is 23.0 Å². The summed E-state index contributed by atoms with van der Waals surface area (Å²) in [6.07, 6.45) is 3.21. The van der Waals surface area contributed by atoms with Crippen LogP contribution in [-0.2, 0) is 6.42 Å². The number of rotatable bonds is 8. The van der Waals surface area contributed by atoms with Crippen LogP contribution in [-0.4, -0.2) is 12.6 Å². The molecule has 0 heterocycles. The van der Waals surface area contributed by atoms with Gasteiger partial charge in [0.05, 0.1) is 12.2 Å². The van der Waals surface area contributed by atoms with Crippen molar-refractivity contribution in [2.45, 2.75) is 39.5 Å². The van der Waals surface area contributed by atoms with Crippen molar-refractivity contribution in [2.24, 2.45) is 0 Å². The Balaban J connectivity index is 2.08. The average molecular weight is 348 g/mol. The number of halogens is 2. The summed E-state index contributed by atoms with van der Waals surface area (Å²) in [4.78, 5) is 12.1. The Labute approximate surface area is 146 Å². The highest BCUT2D eigenvalue weighted by Gasteiger charge is 2.17. The van der Waals surface area contributed by atoms with Crippen LogP contribution in [0.4, 0.5) is 8.78 Å².